The second-order valence-corrected chi connectivity index (χ2v) is 7.50. The van der Waals surface area contributed by atoms with Crippen LogP contribution in [0.3, 0.4) is 0 Å². The topological polar surface area (TPSA) is 77.6 Å². The summed E-state index contributed by atoms with van der Waals surface area (Å²) in [6.45, 7) is 3.39. The highest BCUT2D eigenvalue weighted by Gasteiger charge is 2.17. The first-order valence-electron chi connectivity index (χ1n) is 10.5. The summed E-state index contributed by atoms with van der Waals surface area (Å²) in [5.41, 5.74) is 3.27. The maximum Gasteiger partial charge on any atom is 0.290 e. The van der Waals surface area contributed by atoms with Gasteiger partial charge in [0, 0.05) is 31.9 Å². The van der Waals surface area contributed by atoms with Gasteiger partial charge in [0.15, 0.2) is 0 Å². The number of imidazole rings is 1. The molecule has 2 aromatic heterocycles. The second kappa shape index (κ2) is 9.84. The number of carbonyl (C=O) groups excluding carboxylic acids is 1. The van der Waals surface area contributed by atoms with E-state index in [0.29, 0.717) is 13.0 Å². The van der Waals surface area contributed by atoms with Crippen LogP contribution < -0.4 is 5.32 Å². The Hall–Kier alpha value is -3.74. The Labute approximate surface area is 181 Å². The smallest absolute Gasteiger partial charge is 0.290 e. The molecule has 4 aromatic rings. The molecule has 0 saturated carbocycles. The lowest BCUT2D eigenvalue weighted by atomic mass is 10.1. The van der Waals surface area contributed by atoms with Crippen molar-refractivity contribution >= 4 is 5.91 Å². The molecule has 2 aromatic carbocycles. The number of nitrogens with one attached hydrogen (secondary N) is 1. The van der Waals surface area contributed by atoms with E-state index in [-0.39, 0.29) is 11.7 Å². The van der Waals surface area contributed by atoms with Crippen molar-refractivity contribution in [3.05, 3.63) is 96.1 Å². The first-order chi connectivity index (χ1) is 15.2. The van der Waals surface area contributed by atoms with Gasteiger partial charge in [-0.25, -0.2) is 14.6 Å². The molecule has 0 radical (unpaired) electrons. The molecule has 0 saturated heterocycles. The van der Waals surface area contributed by atoms with Crippen LogP contribution in [0.2, 0.25) is 0 Å². The van der Waals surface area contributed by atoms with Gasteiger partial charge < -0.3 is 9.88 Å². The largest absolute Gasteiger partial charge is 0.349 e. The van der Waals surface area contributed by atoms with Crippen LogP contribution in [0, 0.1) is 6.92 Å². The maximum atomic E-state index is 12.7. The number of carbonyl (C=O) groups is 1. The molecule has 0 atom stereocenters. The van der Waals surface area contributed by atoms with Crippen LogP contribution in [0.1, 0.15) is 34.0 Å². The molecule has 4 rings (SSSR count). The summed E-state index contributed by atoms with van der Waals surface area (Å²) in [6, 6.07) is 18.3. The minimum atomic E-state index is -0.252. The van der Waals surface area contributed by atoms with E-state index in [2.05, 4.69) is 32.5 Å². The number of hydrogen-bond donors (Lipinski definition) is 1. The van der Waals surface area contributed by atoms with Crippen LogP contribution in [0.5, 0.6) is 0 Å². The van der Waals surface area contributed by atoms with Crippen molar-refractivity contribution in [1.29, 1.82) is 0 Å². The Morgan fingerprint density at radius 3 is 2.71 bits per heavy atom. The van der Waals surface area contributed by atoms with Gasteiger partial charge in [-0.3, -0.25) is 4.79 Å². The number of amides is 1. The minimum Gasteiger partial charge on any atom is -0.349 e. The summed E-state index contributed by atoms with van der Waals surface area (Å²) < 4.78 is 3.77. The molecule has 0 aliphatic heterocycles. The van der Waals surface area contributed by atoms with E-state index in [1.54, 1.807) is 17.2 Å². The van der Waals surface area contributed by atoms with Crippen molar-refractivity contribution in [3.8, 4) is 5.69 Å². The first-order valence-corrected chi connectivity index (χ1v) is 10.5. The highest BCUT2D eigenvalue weighted by molar-refractivity contribution is 5.90. The van der Waals surface area contributed by atoms with Crippen molar-refractivity contribution in [3.63, 3.8) is 0 Å². The molecule has 7 heteroatoms. The summed E-state index contributed by atoms with van der Waals surface area (Å²) in [7, 11) is 0. The van der Waals surface area contributed by atoms with Gasteiger partial charge in [-0.15, -0.1) is 5.10 Å². The second-order valence-electron chi connectivity index (χ2n) is 7.50. The van der Waals surface area contributed by atoms with Gasteiger partial charge in [-0.05, 0) is 43.0 Å². The summed E-state index contributed by atoms with van der Waals surface area (Å²) in [4.78, 5) is 21.3. The van der Waals surface area contributed by atoms with Gasteiger partial charge in [-0.1, -0.05) is 42.5 Å². The Kier molecular flexibility index (Phi) is 6.52. The van der Waals surface area contributed by atoms with Gasteiger partial charge in [0.1, 0.15) is 5.82 Å². The Morgan fingerprint density at radius 1 is 1.06 bits per heavy atom. The van der Waals surface area contributed by atoms with Crippen molar-refractivity contribution in [1.82, 2.24) is 29.6 Å². The van der Waals surface area contributed by atoms with Crippen molar-refractivity contribution in [2.45, 2.75) is 32.7 Å². The third-order valence-electron chi connectivity index (χ3n) is 5.04. The molecule has 2 heterocycles. The number of nitrogens with zero attached hydrogens (tertiary/aromatic N) is 5. The number of rotatable bonds is 9. The lowest BCUT2D eigenvalue weighted by Gasteiger charge is -2.07. The quantitative estimate of drug-likeness (QED) is 0.426. The van der Waals surface area contributed by atoms with E-state index < -0.39 is 0 Å². The van der Waals surface area contributed by atoms with E-state index in [1.165, 1.54) is 5.56 Å². The van der Waals surface area contributed by atoms with Gasteiger partial charge in [-0.2, -0.15) is 0 Å². The summed E-state index contributed by atoms with van der Waals surface area (Å²) in [5.74, 6) is 0.725. The molecule has 158 valence electrons. The van der Waals surface area contributed by atoms with Gasteiger partial charge >= 0.3 is 0 Å². The SMILES string of the molecule is Cc1cccc(-n2nc(C(=O)NCCCn3ccnc3)nc2CCc2ccccc2)c1. The normalized spacial score (nSPS) is 10.9. The van der Waals surface area contributed by atoms with E-state index in [1.807, 2.05) is 60.2 Å². The molecular weight excluding hydrogens is 388 g/mol. The molecule has 0 fully saturated rings. The number of aryl methyl sites for hydroxylation is 4. The highest BCUT2D eigenvalue weighted by Crippen LogP contribution is 2.14. The fourth-order valence-corrected chi connectivity index (χ4v) is 3.43. The average Bonchev–Trinajstić information content (AvgIpc) is 3.46. The maximum absolute atomic E-state index is 12.7. The van der Waals surface area contributed by atoms with Crippen LogP contribution in [-0.2, 0) is 19.4 Å². The zero-order chi connectivity index (χ0) is 21.5. The zero-order valence-electron chi connectivity index (χ0n) is 17.6. The fourth-order valence-electron chi connectivity index (χ4n) is 3.43. The Morgan fingerprint density at radius 2 is 1.94 bits per heavy atom. The fraction of sp³-hybridized carbons (Fsp3) is 0.250. The molecule has 0 aliphatic rings. The summed E-state index contributed by atoms with van der Waals surface area (Å²) in [5, 5.41) is 7.47. The molecule has 0 spiro atoms. The molecule has 0 aliphatic carbocycles. The highest BCUT2D eigenvalue weighted by atomic mass is 16.2. The molecule has 1 amide bonds. The van der Waals surface area contributed by atoms with E-state index in [4.69, 9.17) is 0 Å². The van der Waals surface area contributed by atoms with Crippen LogP contribution in [0.15, 0.2) is 73.3 Å². The van der Waals surface area contributed by atoms with Gasteiger partial charge in [0.2, 0.25) is 5.82 Å². The standard InChI is InChI=1S/C24H26N6O/c1-19-7-5-10-21(17-19)30-22(12-11-20-8-3-2-4-9-20)27-23(28-30)24(31)26-13-6-15-29-16-14-25-18-29/h2-5,7-10,14,16-18H,6,11-13,15H2,1H3,(H,26,31). The number of benzene rings is 2. The molecule has 1 N–H and O–H groups in total. The lowest BCUT2D eigenvalue weighted by Crippen LogP contribution is -2.26. The number of hydrogen-bond acceptors (Lipinski definition) is 4. The molecule has 31 heavy (non-hydrogen) atoms. The van der Waals surface area contributed by atoms with Gasteiger partial charge in [0.05, 0.1) is 12.0 Å². The van der Waals surface area contributed by atoms with E-state index >= 15 is 0 Å². The molecule has 7 nitrogen and oxygen atoms in total. The summed E-state index contributed by atoms with van der Waals surface area (Å²) >= 11 is 0. The average molecular weight is 415 g/mol. The minimum absolute atomic E-state index is 0.201. The summed E-state index contributed by atoms with van der Waals surface area (Å²) in [6.07, 6.45) is 7.76. The Bertz CT molecular complexity index is 1120. The molecule has 0 unspecified atom stereocenters. The predicted octanol–water partition coefficient (Wildman–Crippen LogP) is 3.38. The van der Waals surface area contributed by atoms with Crippen molar-refractivity contribution in [2.24, 2.45) is 0 Å². The predicted molar refractivity (Wildman–Crippen MR) is 119 cm³/mol. The van der Waals surface area contributed by atoms with Crippen LogP contribution in [-0.4, -0.2) is 36.8 Å². The Balaban J connectivity index is 1.47. The van der Waals surface area contributed by atoms with E-state index in [9.17, 15) is 4.79 Å². The molecular formula is C24H26N6O. The molecule has 0 bridgehead atoms. The monoisotopic (exact) mass is 414 g/mol. The third-order valence-corrected chi connectivity index (χ3v) is 5.04. The number of aromatic nitrogens is 5. The first kappa shape index (κ1) is 20.5. The third kappa shape index (κ3) is 5.45. The zero-order valence-corrected chi connectivity index (χ0v) is 17.6. The van der Waals surface area contributed by atoms with Crippen LogP contribution >= 0.6 is 0 Å². The van der Waals surface area contributed by atoms with Crippen molar-refractivity contribution in [2.75, 3.05) is 6.54 Å². The van der Waals surface area contributed by atoms with Crippen molar-refractivity contribution < 1.29 is 4.79 Å². The van der Waals surface area contributed by atoms with Gasteiger partial charge in [0.25, 0.3) is 5.91 Å². The van der Waals surface area contributed by atoms with Crippen LogP contribution in [0.25, 0.3) is 5.69 Å². The lowest BCUT2D eigenvalue weighted by molar-refractivity contribution is 0.0942. The van der Waals surface area contributed by atoms with E-state index in [0.717, 1.165) is 36.5 Å². The van der Waals surface area contributed by atoms with Crippen LogP contribution in [0.4, 0.5) is 0 Å².